The van der Waals surface area contributed by atoms with Crippen LogP contribution in [-0.2, 0) is 0 Å². The average Bonchev–Trinajstić information content (AvgIpc) is 2.79. The Labute approximate surface area is 184 Å². The van der Waals surface area contributed by atoms with E-state index in [4.69, 9.17) is 11.6 Å². The topological polar surface area (TPSA) is 3.24 Å². The van der Waals surface area contributed by atoms with E-state index < -0.39 is 0 Å². The number of benzene rings is 3. The van der Waals surface area contributed by atoms with Gasteiger partial charge in [-0.25, -0.2) is 0 Å². The second-order valence-corrected chi connectivity index (χ2v) is 8.37. The summed E-state index contributed by atoms with van der Waals surface area (Å²) in [7, 11) is 0. The van der Waals surface area contributed by atoms with Gasteiger partial charge < -0.3 is 4.90 Å². The van der Waals surface area contributed by atoms with Gasteiger partial charge in [-0.15, -0.1) is 11.8 Å². The van der Waals surface area contributed by atoms with E-state index in [0.717, 1.165) is 52.7 Å². The third-order valence-electron chi connectivity index (χ3n) is 5.02. The molecule has 150 valence electrons. The highest BCUT2D eigenvalue weighted by molar-refractivity contribution is 7.99. The number of nitrogens with zero attached hydrogens (tertiary/aromatic N) is 1. The van der Waals surface area contributed by atoms with Crippen LogP contribution >= 0.6 is 23.4 Å². The standard InChI is InChI=1S/C26H28ClNS/c1-3-28(4-2)19-20-29-24-17-15-22(16-18-24)25(21-11-7-5-8-12-21)26(27)23-13-9-6-10-14-23/h5-18H,3-4,19-20H2,1-2H3/b26-25-. The molecule has 3 heteroatoms. The van der Waals surface area contributed by atoms with Crippen molar-refractivity contribution in [3.8, 4) is 0 Å². The number of rotatable bonds is 9. The Morgan fingerprint density at radius 1 is 0.724 bits per heavy atom. The SMILES string of the molecule is CCN(CC)CCSc1ccc(/C(=C(\Cl)c2ccccc2)c2ccccc2)cc1. The Bertz CT molecular complexity index is 900. The average molecular weight is 422 g/mol. The monoisotopic (exact) mass is 421 g/mol. The summed E-state index contributed by atoms with van der Waals surface area (Å²) in [6.07, 6.45) is 0. The van der Waals surface area contributed by atoms with Gasteiger partial charge >= 0.3 is 0 Å². The summed E-state index contributed by atoms with van der Waals surface area (Å²) >= 11 is 8.81. The van der Waals surface area contributed by atoms with Crippen molar-refractivity contribution >= 4 is 34.0 Å². The van der Waals surface area contributed by atoms with Crippen LogP contribution in [0.15, 0.2) is 89.8 Å². The van der Waals surface area contributed by atoms with Crippen molar-refractivity contribution in [2.45, 2.75) is 18.7 Å². The van der Waals surface area contributed by atoms with E-state index in [1.807, 2.05) is 36.0 Å². The largest absolute Gasteiger partial charge is 0.303 e. The summed E-state index contributed by atoms with van der Waals surface area (Å²) < 4.78 is 0. The highest BCUT2D eigenvalue weighted by Gasteiger charge is 2.12. The van der Waals surface area contributed by atoms with Crippen LogP contribution in [0.2, 0.25) is 0 Å². The fourth-order valence-corrected chi connectivity index (χ4v) is 4.56. The molecule has 0 spiro atoms. The lowest BCUT2D eigenvalue weighted by molar-refractivity contribution is 0.324. The summed E-state index contributed by atoms with van der Waals surface area (Å²) in [5, 5.41) is 0.777. The number of thioether (sulfide) groups is 1. The molecule has 29 heavy (non-hydrogen) atoms. The molecular formula is C26H28ClNS. The first-order valence-corrected chi connectivity index (χ1v) is 11.6. The molecule has 0 aliphatic carbocycles. The van der Waals surface area contributed by atoms with Crippen molar-refractivity contribution in [1.82, 2.24) is 4.90 Å². The zero-order chi connectivity index (χ0) is 20.5. The first kappa shape index (κ1) is 21.7. The normalized spacial score (nSPS) is 12.1. The highest BCUT2D eigenvalue weighted by Crippen LogP contribution is 2.35. The maximum atomic E-state index is 6.90. The molecule has 3 rings (SSSR count). The predicted octanol–water partition coefficient (Wildman–Crippen LogP) is 7.28. The van der Waals surface area contributed by atoms with E-state index in [-0.39, 0.29) is 0 Å². The fraction of sp³-hybridized carbons (Fsp3) is 0.231. The van der Waals surface area contributed by atoms with Crippen LogP contribution < -0.4 is 0 Å². The van der Waals surface area contributed by atoms with Gasteiger partial charge in [-0.05, 0) is 41.9 Å². The number of hydrogen-bond acceptors (Lipinski definition) is 2. The van der Waals surface area contributed by atoms with Crippen molar-refractivity contribution < 1.29 is 0 Å². The third kappa shape index (κ3) is 5.99. The maximum Gasteiger partial charge on any atom is 0.0562 e. The molecule has 1 nitrogen and oxygen atoms in total. The van der Waals surface area contributed by atoms with Crippen molar-refractivity contribution in [2.75, 3.05) is 25.4 Å². The molecule has 0 saturated heterocycles. The lowest BCUT2D eigenvalue weighted by Gasteiger charge is -2.17. The van der Waals surface area contributed by atoms with Crippen molar-refractivity contribution in [3.05, 3.63) is 102 Å². The first-order chi connectivity index (χ1) is 14.2. The Balaban J connectivity index is 1.86. The van der Waals surface area contributed by atoms with Crippen LogP contribution in [0.3, 0.4) is 0 Å². The lowest BCUT2D eigenvalue weighted by Crippen LogP contribution is -2.25. The molecule has 0 amide bonds. The Kier molecular flexibility index (Phi) is 8.42. The van der Waals surface area contributed by atoms with E-state index in [2.05, 4.69) is 79.4 Å². The molecular weight excluding hydrogens is 394 g/mol. The van der Waals surface area contributed by atoms with Crippen LogP contribution in [0.25, 0.3) is 10.6 Å². The molecule has 0 N–H and O–H groups in total. The quantitative estimate of drug-likeness (QED) is 0.264. The highest BCUT2D eigenvalue weighted by atomic mass is 35.5. The van der Waals surface area contributed by atoms with E-state index in [1.54, 1.807) is 0 Å². The summed E-state index contributed by atoms with van der Waals surface area (Å²) in [6.45, 7) is 7.78. The minimum Gasteiger partial charge on any atom is -0.303 e. The molecule has 0 aliphatic rings. The summed E-state index contributed by atoms with van der Waals surface area (Å²) in [6, 6.07) is 29.4. The maximum absolute atomic E-state index is 6.90. The molecule has 0 aliphatic heterocycles. The molecule has 0 heterocycles. The van der Waals surface area contributed by atoms with E-state index in [0.29, 0.717) is 0 Å². The van der Waals surface area contributed by atoms with Crippen molar-refractivity contribution in [1.29, 1.82) is 0 Å². The van der Waals surface area contributed by atoms with Crippen LogP contribution in [-0.4, -0.2) is 30.3 Å². The molecule has 3 aromatic carbocycles. The zero-order valence-electron chi connectivity index (χ0n) is 17.1. The molecule has 0 aromatic heterocycles. The minimum absolute atomic E-state index is 0.777. The first-order valence-electron chi connectivity index (χ1n) is 10.2. The summed E-state index contributed by atoms with van der Waals surface area (Å²) in [4.78, 5) is 3.75. The Hall–Kier alpha value is -2.00. The van der Waals surface area contributed by atoms with Crippen molar-refractivity contribution in [2.24, 2.45) is 0 Å². The Morgan fingerprint density at radius 3 is 1.79 bits per heavy atom. The smallest absolute Gasteiger partial charge is 0.0562 e. The van der Waals surface area contributed by atoms with Gasteiger partial charge in [0.25, 0.3) is 0 Å². The predicted molar refractivity (Wildman–Crippen MR) is 130 cm³/mol. The van der Waals surface area contributed by atoms with Crippen LogP contribution in [0, 0.1) is 0 Å². The van der Waals surface area contributed by atoms with Gasteiger partial charge in [0.15, 0.2) is 0 Å². The molecule has 0 radical (unpaired) electrons. The van der Waals surface area contributed by atoms with Crippen molar-refractivity contribution in [3.63, 3.8) is 0 Å². The molecule has 0 fully saturated rings. The molecule has 3 aromatic rings. The minimum atomic E-state index is 0.777. The van der Waals surface area contributed by atoms with E-state index in [9.17, 15) is 0 Å². The van der Waals surface area contributed by atoms with Gasteiger partial charge in [0.05, 0.1) is 5.03 Å². The lowest BCUT2D eigenvalue weighted by atomic mass is 9.95. The second-order valence-electron chi connectivity index (χ2n) is 6.82. The fourth-order valence-electron chi connectivity index (χ4n) is 3.30. The zero-order valence-corrected chi connectivity index (χ0v) is 18.7. The van der Waals surface area contributed by atoms with Crippen LogP contribution in [0.1, 0.15) is 30.5 Å². The Morgan fingerprint density at radius 2 is 1.24 bits per heavy atom. The van der Waals surface area contributed by atoms with Gasteiger partial charge in [0.2, 0.25) is 0 Å². The summed E-state index contributed by atoms with van der Waals surface area (Å²) in [5.74, 6) is 1.10. The number of halogens is 1. The molecule has 0 bridgehead atoms. The van der Waals surface area contributed by atoms with Gasteiger partial charge in [-0.2, -0.15) is 0 Å². The molecule has 0 unspecified atom stereocenters. The molecule has 0 saturated carbocycles. The van der Waals surface area contributed by atoms with Crippen LogP contribution in [0.5, 0.6) is 0 Å². The van der Waals surface area contributed by atoms with E-state index in [1.165, 1.54) is 4.90 Å². The summed E-state index contributed by atoms with van der Waals surface area (Å²) in [5.41, 5.74) is 4.37. The molecule has 0 atom stereocenters. The van der Waals surface area contributed by atoms with E-state index >= 15 is 0 Å². The van der Waals surface area contributed by atoms with Gasteiger partial charge in [-0.1, -0.05) is 98.2 Å². The van der Waals surface area contributed by atoms with Gasteiger partial charge in [0.1, 0.15) is 0 Å². The van der Waals surface area contributed by atoms with Gasteiger partial charge in [0, 0.05) is 22.8 Å². The van der Waals surface area contributed by atoms with Crippen LogP contribution in [0.4, 0.5) is 0 Å². The number of hydrogen-bond donors (Lipinski definition) is 0. The van der Waals surface area contributed by atoms with Gasteiger partial charge in [-0.3, -0.25) is 0 Å². The third-order valence-corrected chi connectivity index (χ3v) is 6.42. The second kappa shape index (κ2) is 11.3.